The highest BCUT2D eigenvalue weighted by Crippen LogP contribution is 2.22. The van der Waals surface area contributed by atoms with E-state index in [4.69, 9.17) is 9.47 Å². The summed E-state index contributed by atoms with van der Waals surface area (Å²) in [7, 11) is 0. The van der Waals surface area contributed by atoms with Gasteiger partial charge in [0.25, 0.3) is 0 Å². The van der Waals surface area contributed by atoms with Crippen LogP contribution in [0, 0.1) is 0 Å². The van der Waals surface area contributed by atoms with Gasteiger partial charge >= 0.3 is 0 Å². The molecule has 3 nitrogen and oxygen atoms in total. The molecule has 0 saturated heterocycles. The number of phenols is 1. The van der Waals surface area contributed by atoms with Gasteiger partial charge in [-0.3, -0.25) is 0 Å². The minimum Gasteiger partial charge on any atom is -0.508 e. The van der Waals surface area contributed by atoms with Crippen LogP contribution in [0.1, 0.15) is 12.0 Å². The number of ether oxygens (including phenoxy) is 2. The Labute approximate surface area is 142 Å². The summed E-state index contributed by atoms with van der Waals surface area (Å²) in [6, 6.07) is 26.6. The van der Waals surface area contributed by atoms with Gasteiger partial charge in [0.2, 0.25) is 6.29 Å². The average Bonchev–Trinajstić information content (AvgIpc) is 2.62. The molecule has 0 bridgehead atoms. The van der Waals surface area contributed by atoms with Crippen molar-refractivity contribution >= 4 is 0 Å². The van der Waals surface area contributed by atoms with Gasteiger partial charge < -0.3 is 14.6 Å². The third kappa shape index (κ3) is 4.53. The van der Waals surface area contributed by atoms with Crippen molar-refractivity contribution in [1.82, 2.24) is 0 Å². The number of aromatic hydroxyl groups is 1. The fourth-order valence-corrected chi connectivity index (χ4v) is 2.44. The molecular formula is C21H20O3. The normalized spacial score (nSPS) is 10.5. The number of aryl methyl sites for hydroxylation is 1. The Kier molecular flexibility index (Phi) is 5.36. The molecule has 0 atom stereocenters. The molecule has 24 heavy (non-hydrogen) atoms. The van der Waals surface area contributed by atoms with Crippen LogP contribution in [0.2, 0.25) is 0 Å². The van der Waals surface area contributed by atoms with E-state index in [1.807, 2.05) is 78.9 Å². The summed E-state index contributed by atoms with van der Waals surface area (Å²) in [5.74, 6) is 1.82. The molecule has 1 N–H and O–H groups in total. The van der Waals surface area contributed by atoms with Crippen molar-refractivity contribution in [3.8, 4) is 17.2 Å². The van der Waals surface area contributed by atoms with Gasteiger partial charge in [-0.1, -0.05) is 54.6 Å². The Morgan fingerprint density at radius 3 is 1.71 bits per heavy atom. The lowest BCUT2D eigenvalue weighted by Gasteiger charge is -2.21. The van der Waals surface area contributed by atoms with Crippen LogP contribution in [-0.4, -0.2) is 11.4 Å². The van der Waals surface area contributed by atoms with Crippen LogP contribution < -0.4 is 9.47 Å². The Hall–Kier alpha value is -2.94. The SMILES string of the molecule is Oc1ccccc1CCC(Oc1ccccc1)Oc1ccccc1. The van der Waals surface area contributed by atoms with Crippen LogP contribution in [0.3, 0.4) is 0 Å². The van der Waals surface area contributed by atoms with Gasteiger partial charge in [0.05, 0.1) is 0 Å². The van der Waals surface area contributed by atoms with Crippen molar-refractivity contribution in [1.29, 1.82) is 0 Å². The first-order chi connectivity index (χ1) is 11.8. The molecule has 0 amide bonds. The lowest BCUT2D eigenvalue weighted by Crippen LogP contribution is -2.24. The summed E-state index contributed by atoms with van der Waals surface area (Å²) in [6.45, 7) is 0. The molecule has 0 aliphatic heterocycles. The second-order valence-corrected chi connectivity index (χ2v) is 5.46. The summed E-state index contributed by atoms with van der Waals surface area (Å²) < 4.78 is 12.0. The number of hydrogen-bond donors (Lipinski definition) is 1. The van der Waals surface area contributed by atoms with Gasteiger partial charge in [-0.05, 0) is 42.3 Å². The molecule has 0 aliphatic rings. The maximum Gasteiger partial charge on any atom is 0.241 e. The van der Waals surface area contributed by atoms with Gasteiger partial charge in [-0.2, -0.15) is 0 Å². The minimum atomic E-state index is -0.436. The first-order valence-corrected chi connectivity index (χ1v) is 8.01. The topological polar surface area (TPSA) is 38.7 Å². The van der Waals surface area contributed by atoms with E-state index in [0.717, 1.165) is 17.1 Å². The monoisotopic (exact) mass is 320 g/mol. The zero-order valence-corrected chi connectivity index (χ0v) is 13.3. The van der Waals surface area contributed by atoms with E-state index in [9.17, 15) is 5.11 Å². The maximum absolute atomic E-state index is 9.92. The average molecular weight is 320 g/mol. The molecule has 0 unspecified atom stereocenters. The van der Waals surface area contributed by atoms with Gasteiger partial charge in [-0.15, -0.1) is 0 Å². The van der Waals surface area contributed by atoms with Crippen molar-refractivity contribution in [2.24, 2.45) is 0 Å². The van der Waals surface area contributed by atoms with Crippen LogP contribution in [-0.2, 0) is 6.42 Å². The summed E-state index contributed by atoms with van der Waals surface area (Å²) in [4.78, 5) is 0. The molecule has 0 spiro atoms. The smallest absolute Gasteiger partial charge is 0.241 e. The molecular weight excluding hydrogens is 300 g/mol. The van der Waals surface area contributed by atoms with Crippen LogP contribution >= 0.6 is 0 Å². The first kappa shape index (κ1) is 15.9. The Bertz CT molecular complexity index is 700. The molecule has 3 aromatic carbocycles. The molecule has 3 aromatic rings. The third-order valence-corrected chi connectivity index (χ3v) is 3.66. The van der Waals surface area contributed by atoms with E-state index in [2.05, 4.69) is 0 Å². The molecule has 3 rings (SSSR count). The largest absolute Gasteiger partial charge is 0.508 e. The van der Waals surface area contributed by atoms with Gasteiger partial charge in [0, 0.05) is 6.42 Å². The van der Waals surface area contributed by atoms with Crippen LogP contribution in [0.5, 0.6) is 17.2 Å². The van der Waals surface area contributed by atoms with Crippen LogP contribution in [0.25, 0.3) is 0 Å². The predicted molar refractivity (Wildman–Crippen MR) is 94.4 cm³/mol. The van der Waals surface area contributed by atoms with E-state index < -0.39 is 6.29 Å². The molecule has 0 aliphatic carbocycles. The first-order valence-electron chi connectivity index (χ1n) is 8.01. The van der Waals surface area contributed by atoms with E-state index >= 15 is 0 Å². The van der Waals surface area contributed by atoms with E-state index in [1.165, 1.54) is 0 Å². The molecule has 3 heteroatoms. The van der Waals surface area contributed by atoms with Crippen molar-refractivity contribution in [3.63, 3.8) is 0 Å². The Balaban J connectivity index is 1.70. The molecule has 0 radical (unpaired) electrons. The number of para-hydroxylation sites is 3. The van der Waals surface area contributed by atoms with Crippen molar-refractivity contribution in [3.05, 3.63) is 90.5 Å². The summed E-state index contributed by atoms with van der Waals surface area (Å²) >= 11 is 0. The Morgan fingerprint density at radius 1 is 0.667 bits per heavy atom. The van der Waals surface area contributed by atoms with Gasteiger partial charge in [-0.25, -0.2) is 0 Å². The van der Waals surface area contributed by atoms with E-state index in [0.29, 0.717) is 18.6 Å². The molecule has 122 valence electrons. The Morgan fingerprint density at radius 2 is 1.17 bits per heavy atom. The van der Waals surface area contributed by atoms with Crippen molar-refractivity contribution in [2.45, 2.75) is 19.1 Å². The fourth-order valence-electron chi connectivity index (χ4n) is 2.44. The zero-order valence-electron chi connectivity index (χ0n) is 13.3. The van der Waals surface area contributed by atoms with E-state index in [1.54, 1.807) is 6.07 Å². The van der Waals surface area contributed by atoms with E-state index in [-0.39, 0.29) is 0 Å². The molecule has 0 heterocycles. The quantitative estimate of drug-likeness (QED) is 0.635. The second kappa shape index (κ2) is 8.06. The predicted octanol–water partition coefficient (Wildman–Crippen LogP) is 4.81. The minimum absolute atomic E-state index is 0.302. The van der Waals surface area contributed by atoms with Crippen molar-refractivity contribution in [2.75, 3.05) is 0 Å². The highest BCUT2D eigenvalue weighted by atomic mass is 16.7. The zero-order chi connectivity index (χ0) is 16.6. The summed E-state index contributed by atoms with van der Waals surface area (Å²) in [6.07, 6.45) is 0.854. The van der Waals surface area contributed by atoms with Crippen LogP contribution in [0.15, 0.2) is 84.9 Å². The van der Waals surface area contributed by atoms with Crippen LogP contribution in [0.4, 0.5) is 0 Å². The third-order valence-electron chi connectivity index (χ3n) is 3.66. The lowest BCUT2D eigenvalue weighted by atomic mass is 10.1. The summed E-state index contributed by atoms with van der Waals surface area (Å²) in [5, 5.41) is 9.92. The number of rotatable bonds is 7. The number of benzene rings is 3. The second-order valence-electron chi connectivity index (χ2n) is 5.46. The molecule has 0 fully saturated rings. The van der Waals surface area contributed by atoms with Crippen molar-refractivity contribution < 1.29 is 14.6 Å². The highest BCUT2D eigenvalue weighted by Gasteiger charge is 2.14. The summed E-state index contributed by atoms with van der Waals surface area (Å²) in [5.41, 5.74) is 0.885. The number of hydrogen-bond acceptors (Lipinski definition) is 3. The standard InChI is InChI=1S/C21H20O3/c22-20-14-8-7-9-17(20)15-16-21(23-18-10-3-1-4-11-18)24-19-12-5-2-6-13-19/h1-14,21-22H,15-16H2. The molecule has 0 aromatic heterocycles. The number of phenolic OH excluding ortho intramolecular Hbond substituents is 1. The molecule has 0 saturated carbocycles. The van der Waals surface area contributed by atoms with Gasteiger partial charge in [0.1, 0.15) is 17.2 Å². The lowest BCUT2D eigenvalue weighted by molar-refractivity contribution is -0.000346. The van der Waals surface area contributed by atoms with Gasteiger partial charge in [0.15, 0.2) is 0 Å². The fraction of sp³-hybridized carbons (Fsp3) is 0.143. The maximum atomic E-state index is 9.92. The highest BCUT2D eigenvalue weighted by molar-refractivity contribution is 5.32.